The minimum absolute atomic E-state index is 0.192. The van der Waals surface area contributed by atoms with Gasteiger partial charge >= 0.3 is 0 Å². The fourth-order valence-electron chi connectivity index (χ4n) is 1.80. The van der Waals surface area contributed by atoms with Gasteiger partial charge < -0.3 is 15.8 Å². The van der Waals surface area contributed by atoms with Crippen molar-refractivity contribution in [1.82, 2.24) is 0 Å². The van der Waals surface area contributed by atoms with Gasteiger partial charge in [-0.15, -0.1) is 0 Å². The molecular formula is C16H18N2O2. The molecule has 0 spiro atoms. The topological polar surface area (TPSA) is 64.3 Å². The summed E-state index contributed by atoms with van der Waals surface area (Å²) in [6.07, 6.45) is -0.595. The molecular weight excluding hydrogens is 252 g/mol. The Morgan fingerprint density at radius 2 is 1.80 bits per heavy atom. The second-order valence-electron chi connectivity index (χ2n) is 4.43. The van der Waals surface area contributed by atoms with Gasteiger partial charge in [-0.1, -0.05) is 36.4 Å². The fourth-order valence-corrected chi connectivity index (χ4v) is 1.80. The summed E-state index contributed by atoms with van der Waals surface area (Å²) < 4.78 is 5.68. The molecule has 2 rings (SSSR count). The summed E-state index contributed by atoms with van der Waals surface area (Å²) in [6.45, 7) is 2.09. The van der Waals surface area contributed by atoms with Crippen molar-refractivity contribution >= 4 is 11.6 Å². The fraction of sp³-hybridized carbons (Fsp3) is 0.188. The van der Waals surface area contributed by atoms with Crippen LogP contribution in [0.4, 0.5) is 5.69 Å². The SMILES string of the molecule is CC(Oc1ccccc1CN)C(=O)Nc1ccccc1. The number of ether oxygens (including phenoxy) is 1. The lowest BCUT2D eigenvalue weighted by Gasteiger charge is -2.16. The Morgan fingerprint density at radius 3 is 2.50 bits per heavy atom. The van der Waals surface area contributed by atoms with Gasteiger partial charge in [-0.2, -0.15) is 0 Å². The zero-order chi connectivity index (χ0) is 14.4. The van der Waals surface area contributed by atoms with Gasteiger partial charge in [-0.25, -0.2) is 0 Å². The predicted octanol–water partition coefficient (Wildman–Crippen LogP) is 2.55. The maximum Gasteiger partial charge on any atom is 0.265 e. The number of anilines is 1. The van der Waals surface area contributed by atoms with E-state index in [0.29, 0.717) is 12.3 Å². The quantitative estimate of drug-likeness (QED) is 0.877. The van der Waals surface area contributed by atoms with Gasteiger partial charge in [0.05, 0.1) is 0 Å². The van der Waals surface area contributed by atoms with E-state index < -0.39 is 6.10 Å². The second kappa shape index (κ2) is 6.73. The number of carbonyl (C=O) groups excluding carboxylic acids is 1. The van der Waals surface area contributed by atoms with Crippen LogP contribution in [0.1, 0.15) is 12.5 Å². The number of amides is 1. The molecule has 0 aliphatic heterocycles. The van der Waals surface area contributed by atoms with E-state index in [4.69, 9.17) is 10.5 Å². The summed E-state index contributed by atoms with van der Waals surface area (Å²) in [6, 6.07) is 16.7. The molecule has 0 saturated carbocycles. The molecule has 0 radical (unpaired) electrons. The van der Waals surface area contributed by atoms with Crippen LogP contribution in [0.25, 0.3) is 0 Å². The summed E-state index contributed by atoms with van der Waals surface area (Å²) in [4.78, 5) is 12.0. The Kier molecular flexibility index (Phi) is 4.74. The molecule has 4 nitrogen and oxygen atoms in total. The zero-order valence-corrected chi connectivity index (χ0v) is 11.4. The van der Waals surface area contributed by atoms with E-state index in [9.17, 15) is 4.79 Å². The number of hydrogen-bond acceptors (Lipinski definition) is 3. The lowest BCUT2D eigenvalue weighted by Crippen LogP contribution is -2.30. The van der Waals surface area contributed by atoms with E-state index in [1.807, 2.05) is 54.6 Å². The average molecular weight is 270 g/mol. The smallest absolute Gasteiger partial charge is 0.265 e. The maximum absolute atomic E-state index is 12.0. The highest BCUT2D eigenvalue weighted by molar-refractivity contribution is 5.94. The summed E-state index contributed by atoms with van der Waals surface area (Å²) in [5.41, 5.74) is 7.28. The van der Waals surface area contributed by atoms with Crippen molar-refractivity contribution in [2.24, 2.45) is 5.73 Å². The summed E-state index contributed by atoms with van der Waals surface area (Å²) in [7, 11) is 0. The summed E-state index contributed by atoms with van der Waals surface area (Å²) in [5.74, 6) is 0.453. The van der Waals surface area contributed by atoms with E-state index in [0.717, 1.165) is 11.3 Å². The summed E-state index contributed by atoms with van der Waals surface area (Å²) >= 11 is 0. The monoisotopic (exact) mass is 270 g/mol. The predicted molar refractivity (Wildman–Crippen MR) is 79.5 cm³/mol. The molecule has 1 atom stereocenters. The van der Waals surface area contributed by atoms with E-state index in [1.165, 1.54) is 0 Å². The van der Waals surface area contributed by atoms with Crippen molar-refractivity contribution < 1.29 is 9.53 Å². The molecule has 0 heterocycles. The van der Waals surface area contributed by atoms with Gasteiger partial charge in [0.1, 0.15) is 5.75 Å². The van der Waals surface area contributed by atoms with Crippen LogP contribution >= 0.6 is 0 Å². The van der Waals surface area contributed by atoms with Crippen molar-refractivity contribution in [3.8, 4) is 5.75 Å². The Morgan fingerprint density at radius 1 is 1.15 bits per heavy atom. The minimum Gasteiger partial charge on any atom is -0.481 e. The molecule has 2 aromatic rings. The Bertz CT molecular complexity index is 570. The van der Waals surface area contributed by atoms with Crippen LogP contribution in [0.15, 0.2) is 54.6 Å². The third kappa shape index (κ3) is 3.59. The van der Waals surface area contributed by atoms with E-state index in [1.54, 1.807) is 6.92 Å². The number of benzene rings is 2. The normalized spacial score (nSPS) is 11.7. The molecule has 0 aliphatic carbocycles. The highest BCUT2D eigenvalue weighted by Crippen LogP contribution is 2.19. The van der Waals surface area contributed by atoms with Crippen LogP contribution in [-0.4, -0.2) is 12.0 Å². The molecule has 0 aromatic heterocycles. The zero-order valence-electron chi connectivity index (χ0n) is 11.4. The molecule has 104 valence electrons. The van der Waals surface area contributed by atoms with E-state index >= 15 is 0 Å². The number of nitrogens with two attached hydrogens (primary N) is 1. The molecule has 0 aliphatic rings. The van der Waals surface area contributed by atoms with Gasteiger partial charge in [0.25, 0.3) is 5.91 Å². The van der Waals surface area contributed by atoms with Crippen LogP contribution in [0, 0.1) is 0 Å². The number of hydrogen-bond donors (Lipinski definition) is 2. The molecule has 1 amide bonds. The van der Waals surface area contributed by atoms with Crippen molar-refractivity contribution in [3.05, 3.63) is 60.2 Å². The first-order chi connectivity index (χ1) is 9.70. The average Bonchev–Trinajstić information content (AvgIpc) is 2.48. The third-order valence-electron chi connectivity index (χ3n) is 2.91. The van der Waals surface area contributed by atoms with E-state index in [-0.39, 0.29) is 5.91 Å². The molecule has 0 bridgehead atoms. The maximum atomic E-state index is 12.0. The number of rotatable bonds is 5. The van der Waals surface area contributed by atoms with Gasteiger partial charge in [-0.3, -0.25) is 4.79 Å². The van der Waals surface area contributed by atoms with Crippen LogP contribution < -0.4 is 15.8 Å². The standard InChI is InChI=1S/C16H18N2O2/c1-12(16(19)18-14-8-3-2-4-9-14)20-15-10-6-5-7-13(15)11-17/h2-10,12H,11,17H2,1H3,(H,18,19). The van der Waals surface area contributed by atoms with Crippen molar-refractivity contribution in [2.45, 2.75) is 19.6 Å². The molecule has 0 fully saturated rings. The van der Waals surface area contributed by atoms with Crippen molar-refractivity contribution in [2.75, 3.05) is 5.32 Å². The largest absolute Gasteiger partial charge is 0.481 e. The molecule has 4 heteroatoms. The first-order valence-corrected chi connectivity index (χ1v) is 6.51. The highest BCUT2D eigenvalue weighted by atomic mass is 16.5. The van der Waals surface area contributed by atoms with Crippen molar-refractivity contribution in [3.63, 3.8) is 0 Å². The van der Waals surface area contributed by atoms with Crippen LogP contribution in [0.5, 0.6) is 5.75 Å². The summed E-state index contributed by atoms with van der Waals surface area (Å²) in [5, 5.41) is 2.80. The Balaban J connectivity index is 2.01. The van der Waals surface area contributed by atoms with Crippen LogP contribution in [-0.2, 0) is 11.3 Å². The van der Waals surface area contributed by atoms with Gasteiger partial charge in [0.15, 0.2) is 6.10 Å². The van der Waals surface area contributed by atoms with Crippen LogP contribution in [0.2, 0.25) is 0 Å². The third-order valence-corrected chi connectivity index (χ3v) is 2.91. The van der Waals surface area contributed by atoms with Gasteiger partial charge in [0, 0.05) is 17.8 Å². The molecule has 0 saturated heterocycles. The second-order valence-corrected chi connectivity index (χ2v) is 4.43. The first kappa shape index (κ1) is 14.1. The highest BCUT2D eigenvalue weighted by Gasteiger charge is 2.15. The Labute approximate surface area is 118 Å². The van der Waals surface area contributed by atoms with Crippen LogP contribution in [0.3, 0.4) is 0 Å². The number of para-hydroxylation sites is 2. The lowest BCUT2D eigenvalue weighted by atomic mass is 10.2. The molecule has 2 aromatic carbocycles. The lowest BCUT2D eigenvalue weighted by molar-refractivity contribution is -0.122. The molecule has 3 N–H and O–H groups in total. The Hall–Kier alpha value is -2.33. The van der Waals surface area contributed by atoms with E-state index in [2.05, 4.69) is 5.32 Å². The minimum atomic E-state index is -0.595. The van der Waals surface area contributed by atoms with Crippen molar-refractivity contribution in [1.29, 1.82) is 0 Å². The molecule has 1 unspecified atom stereocenters. The molecule has 20 heavy (non-hydrogen) atoms. The van der Waals surface area contributed by atoms with Gasteiger partial charge in [-0.05, 0) is 25.1 Å². The first-order valence-electron chi connectivity index (χ1n) is 6.51. The van der Waals surface area contributed by atoms with Gasteiger partial charge in [0.2, 0.25) is 0 Å². The number of nitrogens with one attached hydrogen (secondary N) is 1. The number of carbonyl (C=O) groups is 1.